The van der Waals surface area contributed by atoms with Gasteiger partial charge in [0, 0.05) is 19.3 Å². The molecule has 21 heavy (non-hydrogen) atoms. The predicted molar refractivity (Wildman–Crippen MR) is 84.2 cm³/mol. The number of amides is 2. The molecular weight excluding hydrogens is 334 g/mol. The molecular formula is C15H16BrN3O2. The van der Waals surface area contributed by atoms with E-state index in [2.05, 4.69) is 32.6 Å². The van der Waals surface area contributed by atoms with E-state index in [-0.39, 0.29) is 12.1 Å². The van der Waals surface area contributed by atoms with E-state index < -0.39 is 0 Å². The minimum Gasteiger partial charge on any atom is -0.452 e. The first kappa shape index (κ1) is 14.2. The largest absolute Gasteiger partial charge is 0.452 e. The Morgan fingerprint density at radius 3 is 2.86 bits per heavy atom. The molecule has 1 aromatic carbocycles. The average molecular weight is 350 g/mol. The quantitative estimate of drug-likeness (QED) is 0.893. The van der Waals surface area contributed by atoms with Crippen LogP contribution in [0.25, 0.3) is 0 Å². The maximum atomic E-state index is 11.6. The minimum atomic E-state index is -0.0737. The molecule has 5 nitrogen and oxygen atoms in total. The summed E-state index contributed by atoms with van der Waals surface area (Å²) in [5, 5.41) is 6.13. The number of nitrogens with one attached hydrogen (secondary N) is 2. The molecule has 0 radical (unpaired) electrons. The van der Waals surface area contributed by atoms with Crippen molar-refractivity contribution in [1.82, 2.24) is 10.2 Å². The number of urea groups is 1. The molecule has 0 spiro atoms. The van der Waals surface area contributed by atoms with E-state index in [4.69, 9.17) is 4.42 Å². The molecule has 1 unspecified atom stereocenters. The zero-order valence-electron chi connectivity index (χ0n) is 11.8. The van der Waals surface area contributed by atoms with Gasteiger partial charge in [0.05, 0.1) is 6.04 Å². The van der Waals surface area contributed by atoms with Crippen LogP contribution in [0.1, 0.15) is 22.9 Å². The lowest BCUT2D eigenvalue weighted by Gasteiger charge is -2.27. The predicted octanol–water partition coefficient (Wildman–Crippen LogP) is 3.33. The van der Waals surface area contributed by atoms with Crippen LogP contribution in [0.15, 0.2) is 39.4 Å². The normalized spacial score (nSPS) is 15.6. The summed E-state index contributed by atoms with van der Waals surface area (Å²) < 4.78 is 6.36. The highest BCUT2D eigenvalue weighted by Gasteiger charge is 2.22. The first-order valence-corrected chi connectivity index (χ1v) is 7.45. The maximum absolute atomic E-state index is 11.6. The van der Waals surface area contributed by atoms with Crippen molar-refractivity contribution in [2.45, 2.75) is 12.6 Å². The van der Waals surface area contributed by atoms with Gasteiger partial charge in [-0.3, -0.25) is 0 Å². The molecule has 1 aromatic heterocycles. The number of carbonyl (C=O) groups excluding carboxylic acids is 1. The fraction of sp³-hybridized carbons (Fsp3) is 0.267. The fourth-order valence-electron chi connectivity index (χ4n) is 2.54. The summed E-state index contributed by atoms with van der Waals surface area (Å²) in [6, 6.07) is 9.77. The Labute approximate surface area is 131 Å². The SMILES string of the molecule is CNC(c1ccc2c(c1)CN(C)C(=O)N2)c1ccc(Br)o1. The molecule has 0 fully saturated rings. The van der Waals surface area contributed by atoms with Gasteiger partial charge in [-0.2, -0.15) is 0 Å². The minimum absolute atomic E-state index is 0.0236. The molecule has 0 saturated carbocycles. The summed E-state index contributed by atoms with van der Waals surface area (Å²) in [6.07, 6.45) is 0. The van der Waals surface area contributed by atoms with Crippen LogP contribution in [0, 0.1) is 0 Å². The van der Waals surface area contributed by atoms with Crippen LogP contribution >= 0.6 is 15.9 Å². The zero-order chi connectivity index (χ0) is 15.0. The molecule has 2 heterocycles. The summed E-state index contributed by atoms with van der Waals surface area (Å²) in [6.45, 7) is 0.604. The smallest absolute Gasteiger partial charge is 0.321 e. The topological polar surface area (TPSA) is 57.5 Å². The molecule has 0 aliphatic carbocycles. The second-order valence-corrected chi connectivity index (χ2v) is 5.85. The van der Waals surface area contributed by atoms with Gasteiger partial charge in [0.25, 0.3) is 0 Å². The Kier molecular flexibility index (Phi) is 3.73. The Morgan fingerprint density at radius 2 is 2.19 bits per heavy atom. The van der Waals surface area contributed by atoms with Crippen LogP contribution in [0.4, 0.5) is 10.5 Å². The van der Waals surface area contributed by atoms with Gasteiger partial charge < -0.3 is 20.0 Å². The molecule has 1 aliphatic rings. The van der Waals surface area contributed by atoms with E-state index in [9.17, 15) is 4.79 Å². The standard InChI is InChI=1S/C15H16BrN3O2/c1-17-14(12-5-6-13(16)21-12)9-3-4-11-10(7-9)8-19(2)15(20)18-11/h3-7,14,17H,8H2,1-2H3,(H,18,20). The first-order valence-electron chi connectivity index (χ1n) is 6.66. The van der Waals surface area contributed by atoms with Gasteiger partial charge in [-0.15, -0.1) is 0 Å². The molecule has 1 atom stereocenters. The highest BCUT2D eigenvalue weighted by atomic mass is 79.9. The first-order chi connectivity index (χ1) is 10.1. The molecule has 0 bridgehead atoms. The van der Waals surface area contributed by atoms with E-state index in [0.29, 0.717) is 11.2 Å². The number of benzene rings is 1. The van der Waals surface area contributed by atoms with Crippen molar-refractivity contribution in [2.24, 2.45) is 0 Å². The lowest BCUT2D eigenvalue weighted by atomic mass is 9.99. The molecule has 2 N–H and O–H groups in total. The van der Waals surface area contributed by atoms with Gasteiger partial charge in [0.1, 0.15) is 5.76 Å². The van der Waals surface area contributed by atoms with E-state index in [1.54, 1.807) is 11.9 Å². The number of hydrogen-bond acceptors (Lipinski definition) is 3. The molecule has 6 heteroatoms. The monoisotopic (exact) mass is 349 g/mol. The van der Waals surface area contributed by atoms with Gasteiger partial charge >= 0.3 is 6.03 Å². The van der Waals surface area contributed by atoms with E-state index in [1.807, 2.05) is 31.3 Å². The Balaban J connectivity index is 1.95. The average Bonchev–Trinajstić information content (AvgIpc) is 2.87. The number of nitrogens with zero attached hydrogens (tertiary/aromatic N) is 1. The van der Waals surface area contributed by atoms with Crippen molar-refractivity contribution in [3.8, 4) is 0 Å². The third-order valence-electron chi connectivity index (χ3n) is 3.63. The van der Waals surface area contributed by atoms with Gasteiger partial charge in [0.2, 0.25) is 0 Å². The summed E-state index contributed by atoms with van der Waals surface area (Å²) in [5.41, 5.74) is 3.07. The number of fused-ring (bicyclic) bond motifs is 1. The Bertz CT molecular complexity index is 683. The second kappa shape index (κ2) is 5.54. The number of hydrogen-bond donors (Lipinski definition) is 2. The zero-order valence-corrected chi connectivity index (χ0v) is 13.4. The van der Waals surface area contributed by atoms with Crippen LogP contribution in [0.3, 0.4) is 0 Å². The number of anilines is 1. The molecule has 110 valence electrons. The van der Waals surface area contributed by atoms with Crippen molar-refractivity contribution >= 4 is 27.6 Å². The maximum Gasteiger partial charge on any atom is 0.321 e. The van der Waals surface area contributed by atoms with Gasteiger partial charge in [-0.05, 0) is 58.4 Å². The van der Waals surface area contributed by atoms with Crippen molar-refractivity contribution in [2.75, 3.05) is 19.4 Å². The van der Waals surface area contributed by atoms with Gasteiger partial charge in [0.15, 0.2) is 4.67 Å². The Morgan fingerprint density at radius 1 is 1.38 bits per heavy atom. The molecule has 2 aromatic rings. The van der Waals surface area contributed by atoms with Gasteiger partial charge in [-0.1, -0.05) is 6.07 Å². The van der Waals surface area contributed by atoms with Gasteiger partial charge in [-0.25, -0.2) is 4.79 Å². The summed E-state index contributed by atoms with van der Waals surface area (Å²) in [5.74, 6) is 0.845. The number of furan rings is 1. The van der Waals surface area contributed by atoms with Crippen molar-refractivity contribution in [3.63, 3.8) is 0 Å². The molecule has 1 aliphatic heterocycles. The number of halogens is 1. The highest BCUT2D eigenvalue weighted by molar-refractivity contribution is 9.10. The van der Waals surface area contributed by atoms with Crippen molar-refractivity contribution in [1.29, 1.82) is 0 Å². The van der Waals surface area contributed by atoms with Crippen LogP contribution < -0.4 is 10.6 Å². The summed E-state index contributed by atoms with van der Waals surface area (Å²) >= 11 is 3.33. The second-order valence-electron chi connectivity index (χ2n) is 5.07. The van der Waals surface area contributed by atoms with E-state index >= 15 is 0 Å². The van der Waals surface area contributed by atoms with Crippen LogP contribution in [-0.4, -0.2) is 25.0 Å². The lowest BCUT2D eigenvalue weighted by molar-refractivity contribution is 0.218. The van der Waals surface area contributed by atoms with Crippen molar-refractivity contribution < 1.29 is 9.21 Å². The van der Waals surface area contributed by atoms with E-state index in [1.165, 1.54) is 0 Å². The molecule has 2 amide bonds. The van der Waals surface area contributed by atoms with Crippen LogP contribution in [-0.2, 0) is 6.54 Å². The van der Waals surface area contributed by atoms with Crippen LogP contribution in [0.5, 0.6) is 0 Å². The lowest BCUT2D eigenvalue weighted by Crippen LogP contribution is -2.35. The molecule has 3 rings (SSSR count). The number of carbonyl (C=O) groups is 1. The highest BCUT2D eigenvalue weighted by Crippen LogP contribution is 2.30. The number of rotatable bonds is 3. The summed E-state index contributed by atoms with van der Waals surface area (Å²) in [7, 11) is 3.68. The van der Waals surface area contributed by atoms with Crippen LogP contribution in [0.2, 0.25) is 0 Å². The fourth-order valence-corrected chi connectivity index (χ4v) is 2.86. The summed E-state index contributed by atoms with van der Waals surface area (Å²) in [4.78, 5) is 13.3. The molecule has 0 saturated heterocycles. The third-order valence-corrected chi connectivity index (χ3v) is 4.05. The van der Waals surface area contributed by atoms with E-state index in [0.717, 1.165) is 22.6 Å². The Hall–Kier alpha value is -1.79. The third kappa shape index (κ3) is 2.69. The van der Waals surface area contributed by atoms with Crippen molar-refractivity contribution in [3.05, 3.63) is 51.9 Å².